The molecule has 0 unspecified atom stereocenters. The molecule has 9 nitrogen and oxygen atoms in total. The monoisotopic (exact) mass is 359 g/mol. The zero-order chi connectivity index (χ0) is 19.1. The molecule has 0 aliphatic rings. The second-order valence-corrected chi connectivity index (χ2v) is 4.97. The first kappa shape index (κ1) is 18.7. The van der Waals surface area contributed by atoms with Crippen LogP contribution in [0.5, 0.6) is 17.2 Å². The lowest BCUT2D eigenvalue weighted by molar-refractivity contribution is -0.384. The van der Waals surface area contributed by atoms with Crippen LogP contribution in [0.2, 0.25) is 0 Å². The van der Waals surface area contributed by atoms with Gasteiger partial charge in [-0.1, -0.05) is 6.07 Å². The molecule has 2 aromatic carbocycles. The number of ether oxygens (including phenoxy) is 3. The van der Waals surface area contributed by atoms with Gasteiger partial charge in [-0.3, -0.25) is 14.9 Å². The molecule has 0 aliphatic heterocycles. The highest BCUT2D eigenvalue weighted by Crippen LogP contribution is 2.37. The second kappa shape index (κ2) is 8.47. The number of benzene rings is 2. The van der Waals surface area contributed by atoms with E-state index < -0.39 is 10.8 Å². The van der Waals surface area contributed by atoms with Crippen LogP contribution in [0.3, 0.4) is 0 Å². The van der Waals surface area contributed by atoms with E-state index in [-0.39, 0.29) is 11.3 Å². The van der Waals surface area contributed by atoms with Crippen molar-refractivity contribution < 1.29 is 23.9 Å². The van der Waals surface area contributed by atoms with Gasteiger partial charge >= 0.3 is 0 Å². The molecule has 0 radical (unpaired) electrons. The van der Waals surface area contributed by atoms with Crippen LogP contribution in [-0.2, 0) is 0 Å². The summed E-state index contributed by atoms with van der Waals surface area (Å²) in [5, 5.41) is 14.6. The minimum absolute atomic E-state index is 0.126. The highest BCUT2D eigenvalue weighted by atomic mass is 16.6. The van der Waals surface area contributed by atoms with Gasteiger partial charge in [0.15, 0.2) is 11.5 Å². The predicted octanol–water partition coefficient (Wildman–Crippen LogP) is 2.38. The van der Waals surface area contributed by atoms with Crippen LogP contribution >= 0.6 is 0 Å². The molecule has 0 heterocycles. The van der Waals surface area contributed by atoms with Crippen molar-refractivity contribution >= 4 is 17.8 Å². The molecule has 0 fully saturated rings. The van der Waals surface area contributed by atoms with E-state index >= 15 is 0 Å². The highest BCUT2D eigenvalue weighted by molar-refractivity contribution is 5.95. The van der Waals surface area contributed by atoms with E-state index in [2.05, 4.69) is 10.5 Å². The molecule has 1 amide bonds. The zero-order valence-corrected chi connectivity index (χ0v) is 14.4. The molecule has 2 rings (SSSR count). The van der Waals surface area contributed by atoms with E-state index in [0.717, 1.165) is 0 Å². The standard InChI is InChI=1S/C17H17N3O6/c1-24-14-7-11(8-15(25-2)16(14)26-3)10-18-19-17(21)12-5-4-6-13(9-12)20(22)23/h4-10H,1-3H3,(H,19,21)/b18-10-. The van der Waals surface area contributed by atoms with E-state index in [4.69, 9.17) is 14.2 Å². The molecule has 136 valence electrons. The molecule has 0 saturated carbocycles. The van der Waals surface area contributed by atoms with Crippen molar-refractivity contribution in [1.82, 2.24) is 5.43 Å². The summed E-state index contributed by atoms with van der Waals surface area (Å²) in [6, 6.07) is 8.67. The lowest BCUT2D eigenvalue weighted by atomic mass is 10.2. The molecule has 0 bridgehead atoms. The van der Waals surface area contributed by atoms with E-state index in [1.165, 1.54) is 51.8 Å². The summed E-state index contributed by atoms with van der Waals surface area (Å²) in [7, 11) is 4.47. The summed E-state index contributed by atoms with van der Waals surface area (Å²) in [5.41, 5.74) is 2.86. The lowest BCUT2D eigenvalue weighted by Gasteiger charge is -2.12. The van der Waals surface area contributed by atoms with E-state index in [9.17, 15) is 14.9 Å². The summed E-state index contributed by atoms with van der Waals surface area (Å²) in [6.07, 6.45) is 1.39. The number of hydrogen-bond acceptors (Lipinski definition) is 7. The summed E-state index contributed by atoms with van der Waals surface area (Å²) in [6.45, 7) is 0. The number of carbonyl (C=O) groups is 1. The Kier molecular flexibility index (Phi) is 6.10. The number of amides is 1. The molecule has 9 heteroatoms. The third-order valence-corrected chi connectivity index (χ3v) is 3.39. The number of nitrogens with one attached hydrogen (secondary N) is 1. The number of non-ortho nitro benzene ring substituents is 1. The molecule has 0 aliphatic carbocycles. The Morgan fingerprint density at radius 1 is 1.12 bits per heavy atom. The van der Waals surface area contributed by atoms with Crippen molar-refractivity contribution in [2.24, 2.45) is 5.10 Å². The summed E-state index contributed by atoms with van der Waals surface area (Å²) in [4.78, 5) is 22.2. The number of nitro groups is 1. The Balaban J connectivity index is 2.16. The van der Waals surface area contributed by atoms with E-state index in [1.54, 1.807) is 12.1 Å². The van der Waals surface area contributed by atoms with Crippen LogP contribution in [0.1, 0.15) is 15.9 Å². The van der Waals surface area contributed by atoms with Crippen molar-refractivity contribution in [3.8, 4) is 17.2 Å². The van der Waals surface area contributed by atoms with Crippen LogP contribution in [-0.4, -0.2) is 38.4 Å². The fourth-order valence-electron chi connectivity index (χ4n) is 2.17. The first-order valence-electron chi connectivity index (χ1n) is 7.38. The summed E-state index contributed by atoms with van der Waals surface area (Å²) >= 11 is 0. The van der Waals surface area contributed by atoms with Crippen LogP contribution in [0, 0.1) is 10.1 Å². The van der Waals surface area contributed by atoms with Gasteiger partial charge in [0.25, 0.3) is 11.6 Å². The van der Waals surface area contributed by atoms with Gasteiger partial charge in [-0.15, -0.1) is 0 Å². The Hall–Kier alpha value is -3.62. The Morgan fingerprint density at radius 3 is 2.31 bits per heavy atom. The van der Waals surface area contributed by atoms with Gasteiger partial charge in [-0.05, 0) is 18.2 Å². The maximum atomic E-state index is 12.0. The number of hydrazone groups is 1. The normalized spacial score (nSPS) is 10.4. The summed E-state index contributed by atoms with van der Waals surface area (Å²) < 4.78 is 15.7. The third-order valence-electron chi connectivity index (χ3n) is 3.39. The van der Waals surface area contributed by atoms with Gasteiger partial charge in [-0.2, -0.15) is 5.10 Å². The maximum absolute atomic E-state index is 12.0. The van der Waals surface area contributed by atoms with Crippen LogP contribution < -0.4 is 19.6 Å². The number of hydrogen-bond donors (Lipinski definition) is 1. The molecular formula is C17H17N3O6. The van der Waals surface area contributed by atoms with Gasteiger partial charge in [-0.25, -0.2) is 5.43 Å². The van der Waals surface area contributed by atoms with Crippen molar-refractivity contribution in [2.45, 2.75) is 0 Å². The number of nitro benzene ring substituents is 1. The topological polar surface area (TPSA) is 112 Å². The Bertz CT molecular complexity index is 825. The molecular weight excluding hydrogens is 342 g/mol. The lowest BCUT2D eigenvalue weighted by Crippen LogP contribution is -2.17. The molecule has 0 aromatic heterocycles. The summed E-state index contributed by atoms with van der Waals surface area (Å²) in [5.74, 6) is 0.752. The average molecular weight is 359 g/mol. The SMILES string of the molecule is COc1cc(/C=N\NC(=O)c2cccc([N+](=O)[O-])c2)cc(OC)c1OC. The maximum Gasteiger partial charge on any atom is 0.271 e. The van der Waals surface area contributed by atoms with Gasteiger partial charge < -0.3 is 14.2 Å². The molecule has 2 aromatic rings. The fourth-order valence-corrected chi connectivity index (χ4v) is 2.17. The molecule has 0 atom stereocenters. The Morgan fingerprint density at radius 2 is 1.77 bits per heavy atom. The van der Waals surface area contributed by atoms with Gasteiger partial charge in [0.05, 0.1) is 32.5 Å². The smallest absolute Gasteiger partial charge is 0.271 e. The van der Waals surface area contributed by atoms with Gasteiger partial charge in [0.1, 0.15) is 0 Å². The average Bonchev–Trinajstić information content (AvgIpc) is 2.66. The van der Waals surface area contributed by atoms with Crippen molar-refractivity contribution in [3.05, 3.63) is 57.6 Å². The predicted molar refractivity (Wildman–Crippen MR) is 94.3 cm³/mol. The van der Waals surface area contributed by atoms with Crippen LogP contribution in [0.25, 0.3) is 0 Å². The number of methoxy groups -OCH3 is 3. The zero-order valence-electron chi connectivity index (χ0n) is 14.4. The molecule has 0 spiro atoms. The van der Waals surface area contributed by atoms with Crippen molar-refractivity contribution in [2.75, 3.05) is 21.3 Å². The number of nitrogens with zero attached hydrogens (tertiary/aromatic N) is 2. The quantitative estimate of drug-likeness (QED) is 0.461. The molecule has 1 N–H and O–H groups in total. The largest absolute Gasteiger partial charge is 0.493 e. The third kappa shape index (κ3) is 4.26. The van der Waals surface area contributed by atoms with Gasteiger partial charge in [0.2, 0.25) is 5.75 Å². The van der Waals surface area contributed by atoms with Crippen LogP contribution in [0.15, 0.2) is 41.5 Å². The molecule has 26 heavy (non-hydrogen) atoms. The van der Waals surface area contributed by atoms with Crippen molar-refractivity contribution in [3.63, 3.8) is 0 Å². The number of carbonyl (C=O) groups excluding carboxylic acids is 1. The first-order chi connectivity index (χ1) is 12.5. The fraction of sp³-hybridized carbons (Fsp3) is 0.176. The second-order valence-electron chi connectivity index (χ2n) is 4.97. The van der Waals surface area contributed by atoms with E-state index in [1.807, 2.05) is 0 Å². The first-order valence-corrected chi connectivity index (χ1v) is 7.38. The minimum Gasteiger partial charge on any atom is -0.493 e. The molecule has 0 saturated heterocycles. The van der Waals surface area contributed by atoms with Crippen LogP contribution in [0.4, 0.5) is 5.69 Å². The van der Waals surface area contributed by atoms with Crippen molar-refractivity contribution in [1.29, 1.82) is 0 Å². The van der Waals surface area contributed by atoms with Gasteiger partial charge in [0, 0.05) is 23.3 Å². The number of rotatable bonds is 7. The Labute approximate surface area is 149 Å². The minimum atomic E-state index is -0.573. The van der Waals surface area contributed by atoms with E-state index in [0.29, 0.717) is 22.8 Å². The highest BCUT2D eigenvalue weighted by Gasteiger charge is 2.13.